The Hall–Kier alpha value is -2.01. The van der Waals surface area contributed by atoms with Crippen LogP contribution in [0.25, 0.3) is 0 Å². The third kappa shape index (κ3) is 3.09. The monoisotopic (exact) mass is 302 g/mol. The first-order valence-corrected chi connectivity index (χ1v) is 7.52. The highest BCUT2D eigenvalue weighted by molar-refractivity contribution is 5.31. The molecule has 5 heteroatoms. The van der Waals surface area contributed by atoms with Crippen LogP contribution >= 0.6 is 0 Å². The van der Waals surface area contributed by atoms with E-state index in [0.29, 0.717) is 24.9 Å². The quantitative estimate of drug-likeness (QED) is 0.943. The smallest absolute Gasteiger partial charge is 0.297 e. The van der Waals surface area contributed by atoms with E-state index in [1.165, 1.54) is 5.56 Å². The molecule has 1 aromatic carbocycles. The maximum absolute atomic E-state index is 9.04. The lowest BCUT2D eigenvalue weighted by atomic mass is 9.87. The highest BCUT2D eigenvalue weighted by atomic mass is 16.6. The second-order valence-electron chi connectivity index (χ2n) is 6.65. The van der Waals surface area contributed by atoms with Crippen LogP contribution in [0.1, 0.15) is 32.0 Å². The first kappa shape index (κ1) is 14.9. The van der Waals surface area contributed by atoms with Gasteiger partial charge in [-0.15, -0.1) is 0 Å². The molecule has 0 saturated carbocycles. The average Bonchev–Trinajstić information content (AvgIpc) is 3.02. The van der Waals surface area contributed by atoms with Gasteiger partial charge in [-0.05, 0) is 23.1 Å². The molecule has 2 aromatic rings. The number of hydrogen-bond donors (Lipinski definition) is 1. The van der Waals surface area contributed by atoms with E-state index in [1.54, 1.807) is 0 Å². The molecule has 1 N–H and O–H groups in total. The van der Waals surface area contributed by atoms with E-state index < -0.39 is 0 Å². The standard InChI is InChI=1S/C17H22N2O3/c1-17(2,3)12-4-6-14(7-5-12)21-11-15-9-19-8-13(10-20)18-16(19)22-15/h4-8,15,20H,9-11H2,1-3H3/t15-/m0/s1. The fourth-order valence-corrected chi connectivity index (χ4v) is 2.48. The van der Waals surface area contributed by atoms with Crippen molar-refractivity contribution in [3.63, 3.8) is 0 Å². The number of benzene rings is 1. The average molecular weight is 302 g/mol. The van der Waals surface area contributed by atoms with Gasteiger partial charge < -0.3 is 14.6 Å². The number of fused-ring (bicyclic) bond motifs is 1. The Kier molecular flexibility index (Phi) is 3.83. The van der Waals surface area contributed by atoms with Gasteiger partial charge >= 0.3 is 0 Å². The van der Waals surface area contributed by atoms with Gasteiger partial charge in [-0.2, -0.15) is 4.98 Å². The second-order valence-corrected chi connectivity index (χ2v) is 6.65. The van der Waals surface area contributed by atoms with E-state index in [-0.39, 0.29) is 18.1 Å². The third-order valence-electron chi connectivity index (χ3n) is 3.78. The molecule has 1 aromatic heterocycles. The summed E-state index contributed by atoms with van der Waals surface area (Å²) >= 11 is 0. The van der Waals surface area contributed by atoms with E-state index >= 15 is 0 Å². The predicted molar refractivity (Wildman–Crippen MR) is 83.2 cm³/mol. The minimum absolute atomic E-state index is 0.0439. The van der Waals surface area contributed by atoms with E-state index in [1.807, 2.05) is 22.9 Å². The van der Waals surface area contributed by atoms with Gasteiger partial charge in [-0.1, -0.05) is 32.9 Å². The minimum Gasteiger partial charge on any atom is -0.490 e. The number of nitrogens with zero attached hydrogens (tertiary/aromatic N) is 2. The summed E-state index contributed by atoms with van der Waals surface area (Å²) in [6.45, 7) is 7.69. The molecule has 118 valence electrons. The third-order valence-corrected chi connectivity index (χ3v) is 3.78. The van der Waals surface area contributed by atoms with Crippen molar-refractivity contribution >= 4 is 0 Å². The largest absolute Gasteiger partial charge is 0.490 e. The first-order chi connectivity index (χ1) is 10.5. The van der Waals surface area contributed by atoms with Gasteiger partial charge in [-0.3, -0.25) is 4.57 Å². The summed E-state index contributed by atoms with van der Waals surface area (Å²) in [5.41, 5.74) is 2.06. The van der Waals surface area contributed by atoms with Crippen LogP contribution in [0.3, 0.4) is 0 Å². The molecule has 1 aliphatic heterocycles. The van der Waals surface area contributed by atoms with Crippen LogP contribution in [-0.2, 0) is 18.6 Å². The molecule has 3 rings (SSSR count). The number of aromatic nitrogens is 2. The van der Waals surface area contributed by atoms with Crippen molar-refractivity contribution in [2.24, 2.45) is 0 Å². The number of ether oxygens (including phenoxy) is 2. The highest BCUT2D eigenvalue weighted by Gasteiger charge is 2.25. The Morgan fingerprint density at radius 1 is 1.32 bits per heavy atom. The van der Waals surface area contributed by atoms with Crippen LogP contribution in [0, 0.1) is 0 Å². The number of rotatable bonds is 4. The van der Waals surface area contributed by atoms with Crippen LogP contribution < -0.4 is 9.47 Å². The molecule has 0 unspecified atom stereocenters. The van der Waals surface area contributed by atoms with Gasteiger partial charge in [0.05, 0.1) is 18.8 Å². The molecular formula is C17H22N2O3. The van der Waals surface area contributed by atoms with Crippen molar-refractivity contribution in [3.8, 4) is 11.8 Å². The van der Waals surface area contributed by atoms with Crippen LogP contribution in [0.2, 0.25) is 0 Å². The van der Waals surface area contributed by atoms with E-state index in [2.05, 4.69) is 37.9 Å². The Morgan fingerprint density at radius 3 is 2.64 bits per heavy atom. The molecule has 1 atom stereocenters. The fraction of sp³-hybridized carbons (Fsp3) is 0.471. The van der Waals surface area contributed by atoms with E-state index in [4.69, 9.17) is 14.6 Å². The van der Waals surface area contributed by atoms with Gasteiger partial charge in [-0.25, -0.2) is 0 Å². The summed E-state index contributed by atoms with van der Waals surface area (Å²) in [7, 11) is 0. The Bertz CT molecular complexity index is 617. The summed E-state index contributed by atoms with van der Waals surface area (Å²) < 4.78 is 13.4. The zero-order chi connectivity index (χ0) is 15.7. The Morgan fingerprint density at radius 2 is 2.05 bits per heavy atom. The minimum atomic E-state index is -0.0648. The Balaban J connectivity index is 1.54. The number of aliphatic hydroxyl groups excluding tert-OH is 1. The molecule has 0 radical (unpaired) electrons. The summed E-state index contributed by atoms with van der Waals surface area (Å²) in [5, 5.41) is 9.04. The Labute approximate surface area is 130 Å². The number of aliphatic hydroxyl groups is 1. The van der Waals surface area contributed by atoms with Crippen molar-refractivity contribution in [1.82, 2.24) is 9.55 Å². The van der Waals surface area contributed by atoms with Crippen LogP contribution in [0.5, 0.6) is 11.8 Å². The summed E-state index contributed by atoms with van der Waals surface area (Å²) in [4.78, 5) is 4.19. The van der Waals surface area contributed by atoms with Crippen molar-refractivity contribution in [2.75, 3.05) is 6.61 Å². The molecular weight excluding hydrogens is 280 g/mol. The normalized spacial score (nSPS) is 17.2. The van der Waals surface area contributed by atoms with Gasteiger partial charge in [0.25, 0.3) is 6.01 Å². The van der Waals surface area contributed by atoms with Crippen LogP contribution in [-0.4, -0.2) is 27.4 Å². The molecule has 22 heavy (non-hydrogen) atoms. The molecule has 0 aliphatic carbocycles. The van der Waals surface area contributed by atoms with Crippen molar-refractivity contribution in [2.45, 2.75) is 45.4 Å². The number of hydrogen-bond acceptors (Lipinski definition) is 4. The fourth-order valence-electron chi connectivity index (χ4n) is 2.48. The van der Waals surface area contributed by atoms with E-state index in [0.717, 1.165) is 5.75 Å². The highest BCUT2D eigenvalue weighted by Crippen LogP contribution is 2.25. The molecule has 0 saturated heterocycles. The zero-order valence-corrected chi connectivity index (χ0v) is 13.2. The van der Waals surface area contributed by atoms with Crippen LogP contribution in [0.15, 0.2) is 30.5 Å². The van der Waals surface area contributed by atoms with E-state index in [9.17, 15) is 0 Å². The molecule has 5 nitrogen and oxygen atoms in total. The zero-order valence-electron chi connectivity index (χ0n) is 13.2. The summed E-state index contributed by atoms with van der Waals surface area (Å²) in [5.74, 6) is 0.845. The second kappa shape index (κ2) is 5.65. The maximum atomic E-state index is 9.04. The lowest BCUT2D eigenvalue weighted by Gasteiger charge is -2.19. The van der Waals surface area contributed by atoms with Crippen molar-refractivity contribution in [1.29, 1.82) is 0 Å². The van der Waals surface area contributed by atoms with Crippen LogP contribution in [0.4, 0.5) is 0 Å². The number of imidazole rings is 1. The maximum Gasteiger partial charge on any atom is 0.297 e. The lowest BCUT2D eigenvalue weighted by molar-refractivity contribution is 0.142. The molecule has 1 aliphatic rings. The topological polar surface area (TPSA) is 56.5 Å². The van der Waals surface area contributed by atoms with Crippen molar-refractivity contribution < 1.29 is 14.6 Å². The summed E-state index contributed by atoms with van der Waals surface area (Å²) in [6.07, 6.45) is 1.77. The molecule has 0 bridgehead atoms. The first-order valence-electron chi connectivity index (χ1n) is 7.52. The molecule has 0 fully saturated rings. The van der Waals surface area contributed by atoms with Gasteiger partial charge in [0.1, 0.15) is 12.4 Å². The molecule has 0 amide bonds. The predicted octanol–water partition coefficient (Wildman–Crippen LogP) is 2.51. The molecule has 2 heterocycles. The van der Waals surface area contributed by atoms with Gasteiger partial charge in [0.2, 0.25) is 0 Å². The van der Waals surface area contributed by atoms with Gasteiger partial charge in [0, 0.05) is 6.20 Å². The summed E-state index contributed by atoms with van der Waals surface area (Å²) in [6, 6.07) is 8.75. The lowest BCUT2D eigenvalue weighted by Crippen LogP contribution is -2.23. The SMILES string of the molecule is CC(C)(C)c1ccc(OC[C@@H]2Cn3cc(CO)nc3O2)cc1. The molecule has 0 spiro atoms. The van der Waals surface area contributed by atoms with Gasteiger partial charge in [0.15, 0.2) is 6.10 Å². The van der Waals surface area contributed by atoms with Crippen molar-refractivity contribution in [3.05, 3.63) is 41.7 Å².